The van der Waals surface area contributed by atoms with E-state index in [1.807, 2.05) is 78.2 Å². The number of benzene rings is 3. The highest BCUT2D eigenvalue weighted by Gasteiger charge is 2.16. The quantitative estimate of drug-likeness (QED) is 0.562. The second-order valence-corrected chi connectivity index (χ2v) is 6.69. The van der Waals surface area contributed by atoms with Crippen molar-refractivity contribution in [1.29, 1.82) is 0 Å². The van der Waals surface area contributed by atoms with Crippen molar-refractivity contribution in [3.05, 3.63) is 83.9 Å². The number of rotatable bonds is 4. The topological polar surface area (TPSA) is 46.9 Å². The Balaban J connectivity index is 1.74. The summed E-state index contributed by atoms with van der Waals surface area (Å²) in [6, 6.07) is 23.8. The van der Waals surface area contributed by atoms with Gasteiger partial charge in [-0.1, -0.05) is 54.6 Å². The number of aryl methyl sites for hydroxylation is 2. The van der Waals surface area contributed by atoms with Gasteiger partial charge in [-0.2, -0.15) is 0 Å². The zero-order valence-corrected chi connectivity index (χ0v) is 15.4. The second-order valence-electron chi connectivity index (χ2n) is 6.69. The number of anilines is 1. The molecule has 4 heteroatoms. The van der Waals surface area contributed by atoms with Gasteiger partial charge in [0.15, 0.2) is 0 Å². The number of hydrogen-bond donors (Lipinski definition) is 1. The Bertz CT molecular complexity index is 1130. The van der Waals surface area contributed by atoms with Gasteiger partial charge in [-0.25, -0.2) is 4.98 Å². The molecule has 0 aliphatic carbocycles. The molecule has 1 amide bonds. The Morgan fingerprint density at radius 1 is 0.889 bits per heavy atom. The summed E-state index contributed by atoms with van der Waals surface area (Å²) in [4.78, 5) is 17.6. The fourth-order valence-corrected chi connectivity index (χ4v) is 3.31. The van der Waals surface area contributed by atoms with Crippen molar-refractivity contribution in [2.75, 3.05) is 5.32 Å². The van der Waals surface area contributed by atoms with E-state index in [-0.39, 0.29) is 12.5 Å². The Morgan fingerprint density at radius 3 is 2.33 bits per heavy atom. The van der Waals surface area contributed by atoms with Crippen molar-refractivity contribution in [3.8, 4) is 11.4 Å². The first-order valence-corrected chi connectivity index (χ1v) is 9.00. The fourth-order valence-electron chi connectivity index (χ4n) is 3.31. The lowest BCUT2D eigenvalue weighted by molar-refractivity contribution is -0.116. The SMILES string of the molecule is Cc1ccccc1NC(=O)Cn1c(-c2ccccc2C)nc2ccccc21. The minimum Gasteiger partial charge on any atom is -0.324 e. The highest BCUT2D eigenvalue weighted by atomic mass is 16.1. The first kappa shape index (κ1) is 17.0. The molecule has 0 spiro atoms. The summed E-state index contributed by atoms with van der Waals surface area (Å²) in [6.07, 6.45) is 0. The molecular weight excluding hydrogens is 334 g/mol. The summed E-state index contributed by atoms with van der Waals surface area (Å²) in [5.41, 5.74) is 5.89. The van der Waals surface area contributed by atoms with Crippen LogP contribution in [0.25, 0.3) is 22.4 Å². The molecule has 0 fully saturated rings. The van der Waals surface area contributed by atoms with E-state index in [0.29, 0.717) is 0 Å². The minimum atomic E-state index is -0.0673. The maximum absolute atomic E-state index is 12.8. The average molecular weight is 355 g/mol. The normalized spacial score (nSPS) is 10.9. The van der Waals surface area contributed by atoms with Crippen LogP contribution in [0.1, 0.15) is 11.1 Å². The van der Waals surface area contributed by atoms with Crippen LogP contribution in [0.5, 0.6) is 0 Å². The molecule has 134 valence electrons. The Kier molecular flexibility index (Phi) is 4.47. The van der Waals surface area contributed by atoms with Gasteiger partial charge in [0.1, 0.15) is 12.4 Å². The van der Waals surface area contributed by atoms with Crippen molar-refractivity contribution in [2.24, 2.45) is 0 Å². The molecule has 0 aliphatic heterocycles. The third-order valence-electron chi connectivity index (χ3n) is 4.76. The maximum Gasteiger partial charge on any atom is 0.244 e. The van der Waals surface area contributed by atoms with Crippen LogP contribution < -0.4 is 5.32 Å². The minimum absolute atomic E-state index is 0.0673. The van der Waals surface area contributed by atoms with E-state index in [1.54, 1.807) is 0 Å². The lowest BCUT2D eigenvalue weighted by atomic mass is 10.1. The lowest BCUT2D eigenvalue weighted by Gasteiger charge is -2.12. The Labute approximate surface area is 158 Å². The third kappa shape index (κ3) is 3.34. The molecule has 0 unspecified atom stereocenters. The number of hydrogen-bond acceptors (Lipinski definition) is 2. The van der Waals surface area contributed by atoms with E-state index in [1.165, 1.54) is 0 Å². The monoisotopic (exact) mass is 355 g/mol. The van der Waals surface area contributed by atoms with Crippen LogP contribution in [-0.2, 0) is 11.3 Å². The molecule has 3 aromatic carbocycles. The van der Waals surface area contributed by atoms with Crippen LogP contribution in [0.4, 0.5) is 5.69 Å². The summed E-state index contributed by atoms with van der Waals surface area (Å²) in [6.45, 7) is 4.26. The molecule has 4 rings (SSSR count). The molecule has 0 saturated carbocycles. The third-order valence-corrected chi connectivity index (χ3v) is 4.76. The summed E-state index contributed by atoms with van der Waals surface area (Å²) >= 11 is 0. The van der Waals surface area contributed by atoms with Gasteiger partial charge >= 0.3 is 0 Å². The van der Waals surface area contributed by atoms with E-state index in [9.17, 15) is 4.79 Å². The summed E-state index contributed by atoms with van der Waals surface area (Å²) in [7, 11) is 0. The van der Waals surface area contributed by atoms with E-state index < -0.39 is 0 Å². The predicted molar refractivity (Wildman–Crippen MR) is 110 cm³/mol. The molecule has 0 atom stereocenters. The molecule has 1 N–H and O–H groups in total. The van der Waals surface area contributed by atoms with Gasteiger partial charge in [0.2, 0.25) is 5.91 Å². The maximum atomic E-state index is 12.8. The van der Waals surface area contributed by atoms with E-state index >= 15 is 0 Å². The molecule has 0 aliphatic rings. The highest BCUT2D eigenvalue weighted by molar-refractivity contribution is 5.93. The van der Waals surface area contributed by atoms with Gasteiger partial charge in [-0.3, -0.25) is 4.79 Å². The number of nitrogens with one attached hydrogen (secondary N) is 1. The van der Waals surface area contributed by atoms with Crippen molar-refractivity contribution >= 4 is 22.6 Å². The Hall–Kier alpha value is -3.40. The van der Waals surface area contributed by atoms with Crippen LogP contribution >= 0.6 is 0 Å². The molecular formula is C23H21N3O. The first-order chi connectivity index (χ1) is 13.1. The molecule has 4 nitrogen and oxygen atoms in total. The summed E-state index contributed by atoms with van der Waals surface area (Å²) < 4.78 is 1.99. The van der Waals surface area contributed by atoms with Gasteiger partial charge in [0.25, 0.3) is 0 Å². The van der Waals surface area contributed by atoms with E-state index in [4.69, 9.17) is 4.98 Å². The zero-order valence-electron chi connectivity index (χ0n) is 15.4. The predicted octanol–water partition coefficient (Wildman–Crippen LogP) is 4.96. The van der Waals surface area contributed by atoms with Crippen LogP contribution in [0.15, 0.2) is 72.8 Å². The first-order valence-electron chi connectivity index (χ1n) is 9.00. The van der Waals surface area contributed by atoms with Crippen LogP contribution in [0, 0.1) is 13.8 Å². The second kappa shape index (κ2) is 7.08. The van der Waals surface area contributed by atoms with Crippen molar-refractivity contribution < 1.29 is 4.79 Å². The smallest absolute Gasteiger partial charge is 0.244 e. The fraction of sp³-hybridized carbons (Fsp3) is 0.130. The number of imidazole rings is 1. The molecule has 0 saturated heterocycles. The zero-order chi connectivity index (χ0) is 18.8. The van der Waals surface area contributed by atoms with Crippen molar-refractivity contribution in [1.82, 2.24) is 9.55 Å². The van der Waals surface area contributed by atoms with E-state index in [2.05, 4.69) is 18.3 Å². The molecule has 1 aromatic heterocycles. The number of carbonyl (C=O) groups is 1. The number of nitrogens with zero attached hydrogens (tertiary/aromatic N) is 2. The number of amides is 1. The van der Waals surface area contributed by atoms with Gasteiger partial charge in [0.05, 0.1) is 11.0 Å². The summed E-state index contributed by atoms with van der Waals surface area (Å²) in [5, 5.41) is 3.02. The standard InChI is InChI=1S/C23H21N3O/c1-16-9-3-5-11-18(16)23-25-20-13-7-8-14-21(20)26(23)15-22(27)24-19-12-6-4-10-17(19)2/h3-14H,15H2,1-2H3,(H,24,27). The van der Waals surface area contributed by atoms with Crippen LogP contribution in [0.3, 0.4) is 0 Å². The van der Waals surface area contributed by atoms with Crippen LogP contribution in [0.2, 0.25) is 0 Å². The van der Waals surface area contributed by atoms with E-state index in [0.717, 1.165) is 39.2 Å². The lowest BCUT2D eigenvalue weighted by Crippen LogP contribution is -2.20. The number of aromatic nitrogens is 2. The summed E-state index contributed by atoms with van der Waals surface area (Å²) in [5.74, 6) is 0.747. The van der Waals surface area contributed by atoms with Crippen LogP contribution in [-0.4, -0.2) is 15.5 Å². The van der Waals surface area contributed by atoms with Crippen molar-refractivity contribution in [3.63, 3.8) is 0 Å². The number of fused-ring (bicyclic) bond motifs is 1. The highest BCUT2D eigenvalue weighted by Crippen LogP contribution is 2.27. The van der Waals surface area contributed by atoms with Crippen molar-refractivity contribution in [2.45, 2.75) is 20.4 Å². The molecule has 0 radical (unpaired) electrons. The molecule has 1 heterocycles. The molecule has 27 heavy (non-hydrogen) atoms. The number of para-hydroxylation sites is 3. The Morgan fingerprint density at radius 2 is 1.56 bits per heavy atom. The largest absolute Gasteiger partial charge is 0.324 e. The van der Waals surface area contributed by atoms with Gasteiger partial charge < -0.3 is 9.88 Å². The van der Waals surface area contributed by atoms with Gasteiger partial charge in [0, 0.05) is 11.3 Å². The van der Waals surface area contributed by atoms with Gasteiger partial charge in [-0.05, 0) is 43.2 Å². The molecule has 4 aromatic rings. The average Bonchev–Trinajstić information content (AvgIpc) is 3.02. The van der Waals surface area contributed by atoms with Gasteiger partial charge in [-0.15, -0.1) is 0 Å². The number of carbonyl (C=O) groups excluding carboxylic acids is 1. The molecule has 0 bridgehead atoms.